The molecule has 0 aliphatic rings. The Morgan fingerprint density at radius 1 is 1.19 bits per heavy atom. The van der Waals surface area contributed by atoms with Gasteiger partial charge in [-0.15, -0.1) is 0 Å². The normalized spacial score (nSPS) is 11.2. The van der Waals surface area contributed by atoms with E-state index in [9.17, 15) is 4.39 Å². The molecule has 0 atom stereocenters. The zero-order chi connectivity index (χ0) is 15.1. The van der Waals surface area contributed by atoms with Crippen LogP contribution in [0.15, 0.2) is 34.9 Å². The van der Waals surface area contributed by atoms with Crippen LogP contribution in [0.5, 0.6) is 0 Å². The Morgan fingerprint density at radius 2 is 2.05 bits per heavy atom. The topological polar surface area (TPSA) is 69.7 Å². The standard InChI is InChI=1S/C15H19FN2O3/c16-13-4-1-3-12(9-13)14-10-17-15(21-14)11-18(6-8-20)5-2-7-19/h1,3-4,9-10,19-20H,2,5-8,11H2. The minimum atomic E-state index is -0.324. The zero-order valence-corrected chi connectivity index (χ0v) is 11.7. The van der Waals surface area contributed by atoms with E-state index in [0.717, 1.165) is 0 Å². The van der Waals surface area contributed by atoms with Gasteiger partial charge in [-0.25, -0.2) is 9.37 Å². The molecule has 0 fully saturated rings. The highest BCUT2D eigenvalue weighted by Crippen LogP contribution is 2.21. The van der Waals surface area contributed by atoms with Gasteiger partial charge in [0.05, 0.1) is 19.3 Å². The van der Waals surface area contributed by atoms with Crippen molar-refractivity contribution in [2.45, 2.75) is 13.0 Å². The lowest BCUT2D eigenvalue weighted by Crippen LogP contribution is -2.28. The molecular formula is C15H19FN2O3. The van der Waals surface area contributed by atoms with Gasteiger partial charge in [-0.2, -0.15) is 0 Å². The monoisotopic (exact) mass is 294 g/mol. The van der Waals surface area contributed by atoms with Crippen LogP contribution in [0.4, 0.5) is 4.39 Å². The molecule has 1 aromatic heterocycles. The van der Waals surface area contributed by atoms with Crippen LogP contribution >= 0.6 is 0 Å². The summed E-state index contributed by atoms with van der Waals surface area (Å²) in [5, 5.41) is 17.9. The lowest BCUT2D eigenvalue weighted by atomic mass is 10.2. The van der Waals surface area contributed by atoms with Crippen molar-refractivity contribution in [3.8, 4) is 11.3 Å². The quantitative estimate of drug-likeness (QED) is 0.775. The van der Waals surface area contributed by atoms with Crippen LogP contribution in [-0.2, 0) is 6.54 Å². The molecule has 21 heavy (non-hydrogen) atoms. The van der Waals surface area contributed by atoms with Crippen molar-refractivity contribution in [2.24, 2.45) is 0 Å². The van der Waals surface area contributed by atoms with Crippen LogP contribution < -0.4 is 0 Å². The summed E-state index contributed by atoms with van der Waals surface area (Å²) in [5.41, 5.74) is 0.637. The second-order valence-electron chi connectivity index (χ2n) is 4.71. The van der Waals surface area contributed by atoms with Crippen LogP contribution in [0.3, 0.4) is 0 Å². The van der Waals surface area contributed by atoms with E-state index in [0.29, 0.717) is 43.3 Å². The molecule has 1 heterocycles. The van der Waals surface area contributed by atoms with Crippen LogP contribution in [0.25, 0.3) is 11.3 Å². The predicted octanol–water partition coefficient (Wildman–Crippen LogP) is 1.66. The summed E-state index contributed by atoms with van der Waals surface area (Å²) in [6, 6.07) is 6.14. The van der Waals surface area contributed by atoms with E-state index >= 15 is 0 Å². The molecule has 2 rings (SSSR count). The number of nitrogens with zero attached hydrogens (tertiary/aromatic N) is 2. The molecule has 114 valence electrons. The van der Waals surface area contributed by atoms with Crippen molar-refractivity contribution in [2.75, 3.05) is 26.3 Å². The summed E-state index contributed by atoms with van der Waals surface area (Å²) >= 11 is 0. The van der Waals surface area contributed by atoms with Gasteiger partial charge in [0.2, 0.25) is 5.89 Å². The second-order valence-corrected chi connectivity index (χ2v) is 4.71. The Morgan fingerprint density at radius 3 is 2.76 bits per heavy atom. The van der Waals surface area contributed by atoms with Gasteiger partial charge in [-0.3, -0.25) is 4.90 Å². The molecule has 0 saturated heterocycles. The third-order valence-corrected chi connectivity index (χ3v) is 3.07. The highest BCUT2D eigenvalue weighted by molar-refractivity contribution is 5.56. The molecule has 0 amide bonds. The molecule has 0 aliphatic carbocycles. The van der Waals surface area contributed by atoms with Crippen LogP contribution in [0.2, 0.25) is 0 Å². The predicted molar refractivity (Wildman–Crippen MR) is 76.0 cm³/mol. The number of benzene rings is 1. The maximum Gasteiger partial charge on any atom is 0.209 e. The molecular weight excluding hydrogens is 275 g/mol. The highest BCUT2D eigenvalue weighted by atomic mass is 19.1. The van der Waals surface area contributed by atoms with Gasteiger partial charge in [-0.1, -0.05) is 12.1 Å². The van der Waals surface area contributed by atoms with Gasteiger partial charge < -0.3 is 14.6 Å². The molecule has 6 heteroatoms. The van der Waals surface area contributed by atoms with Crippen molar-refractivity contribution >= 4 is 0 Å². The largest absolute Gasteiger partial charge is 0.439 e. The first-order chi connectivity index (χ1) is 10.2. The third kappa shape index (κ3) is 4.63. The minimum Gasteiger partial charge on any atom is -0.439 e. The van der Waals surface area contributed by atoms with Crippen molar-refractivity contribution < 1.29 is 19.0 Å². The molecule has 0 radical (unpaired) electrons. The van der Waals surface area contributed by atoms with E-state index in [1.54, 1.807) is 18.3 Å². The molecule has 2 N–H and O–H groups in total. The van der Waals surface area contributed by atoms with E-state index in [-0.39, 0.29) is 19.0 Å². The molecule has 5 nitrogen and oxygen atoms in total. The number of aliphatic hydroxyl groups is 2. The summed E-state index contributed by atoms with van der Waals surface area (Å²) in [6.07, 6.45) is 2.19. The number of halogens is 1. The number of oxazole rings is 1. The number of hydrogen-bond acceptors (Lipinski definition) is 5. The van der Waals surface area contributed by atoms with Gasteiger partial charge in [-0.05, 0) is 18.6 Å². The van der Waals surface area contributed by atoms with Crippen LogP contribution in [0, 0.1) is 5.82 Å². The fourth-order valence-corrected chi connectivity index (χ4v) is 2.06. The summed E-state index contributed by atoms with van der Waals surface area (Å²) in [6.45, 7) is 1.70. The first kappa shape index (κ1) is 15.6. The van der Waals surface area contributed by atoms with Gasteiger partial charge in [0, 0.05) is 25.3 Å². The van der Waals surface area contributed by atoms with Crippen molar-refractivity contribution in [3.63, 3.8) is 0 Å². The summed E-state index contributed by atoms with van der Waals surface area (Å²) in [4.78, 5) is 6.12. The third-order valence-electron chi connectivity index (χ3n) is 3.07. The molecule has 2 aromatic rings. The highest BCUT2D eigenvalue weighted by Gasteiger charge is 2.11. The number of hydrogen-bond donors (Lipinski definition) is 2. The average molecular weight is 294 g/mol. The molecule has 0 aliphatic heterocycles. The van der Waals surface area contributed by atoms with Crippen LogP contribution in [-0.4, -0.2) is 46.4 Å². The van der Waals surface area contributed by atoms with E-state index < -0.39 is 0 Å². The lowest BCUT2D eigenvalue weighted by Gasteiger charge is -2.18. The number of rotatable bonds is 8. The van der Waals surface area contributed by atoms with E-state index in [1.165, 1.54) is 12.1 Å². The Kier molecular flexibility index (Phi) is 5.86. The molecule has 1 aromatic carbocycles. The Bertz CT molecular complexity index is 559. The van der Waals surface area contributed by atoms with Gasteiger partial charge >= 0.3 is 0 Å². The first-order valence-electron chi connectivity index (χ1n) is 6.87. The van der Waals surface area contributed by atoms with Crippen molar-refractivity contribution in [1.29, 1.82) is 0 Å². The molecule has 0 saturated carbocycles. The number of aromatic nitrogens is 1. The van der Waals surface area contributed by atoms with Gasteiger partial charge in [0.25, 0.3) is 0 Å². The Balaban J connectivity index is 2.04. The fraction of sp³-hybridized carbons (Fsp3) is 0.400. The number of aliphatic hydroxyl groups excluding tert-OH is 2. The van der Waals surface area contributed by atoms with E-state index in [4.69, 9.17) is 14.6 Å². The molecule has 0 spiro atoms. The maximum atomic E-state index is 13.2. The van der Waals surface area contributed by atoms with Crippen LogP contribution in [0.1, 0.15) is 12.3 Å². The summed E-state index contributed by atoms with van der Waals surface area (Å²) < 4.78 is 18.8. The van der Waals surface area contributed by atoms with E-state index in [2.05, 4.69) is 4.98 Å². The maximum absolute atomic E-state index is 13.2. The van der Waals surface area contributed by atoms with E-state index in [1.807, 2.05) is 4.90 Å². The average Bonchev–Trinajstić information content (AvgIpc) is 2.93. The second kappa shape index (κ2) is 7.87. The van der Waals surface area contributed by atoms with Gasteiger partial charge in [0.15, 0.2) is 5.76 Å². The lowest BCUT2D eigenvalue weighted by molar-refractivity contribution is 0.164. The van der Waals surface area contributed by atoms with Gasteiger partial charge in [0.1, 0.15) is 5.82 Å². The summed E-state index contributed by atoms with van der Waals surface area (Å²) in [7, 11) is 0. The fourth-order valence-electron chi connectivity index (χ4n) is 2.06. The first-order valence-corrected chi connectivity index (χ1v) is 6.87. The zero-order valence-electron chi connectivity index (χ0n) is 11.7. The van der Waals surface area contributed by atoms with Crippen molar-refractivity contribution in [1.82, 2.24) is 9.88 Å². The Labute approximate surface area is 122 Å². The Hall–Kier alpha value is -1.76. The minimum absolute atomic E-state index is 0.0306. The SMILES string of the molecule is OCCCN(CCO)Cc1ncc(-c2cccc(F)c2)o1. The molecule has 0 bridgehead atoms. The van der Waals surface area contributed by atoms with Crippen molar-refractivity contribution in [3.05, 3.63) is 42.2 Å². The molecule has 0 unspecified atom stereocenters. The smallest absolute Gasteiger partial charge is 0.209 e. The summed E-state index contributed by atoms with van der Waals surface area (Å²) in [5.74, 6) is 0.687.